The van der Waals surface area contributed by atoms with E-state index in [9.17, 15) is 0 Å². The van der Waals surface area contributed by atoms with Gasteiger partial charge in [-0.3, -0.25) is 0 Å². The zero-order chi connectivity index (χ0) is 15.3. The van der Waals surface area contributed by atoms with E-state index in [4.69, 9.17) is 16.6 Å². The Morgan fingerprint density at radius 1 is 1.27 bits per heavy atom. The van der Waals surface area contributed by atoms with Gasteiger partial charge >= 0.3 is 0 Å². The van der Waals surface area contributed by atoms with Gasteiger partial charge in [-0.1, -0.05) is 12.5 Å². The highest BCUT2D eigenvalue weighted by Crippen LogP contribution is 2.39. The Morgan fingerprint density at radius 3 is 2.77 bits per heavy atom. The minimum Gasteiger partial charge on any atom is -0.312 e. The second-order valence-electron chi connectivity index (χ2n) is 6.22. The molecule has 1 aliphatic rings. The van der Waals surface area contributed by atoms with Crippen LogP contribution in [0.3, 0.4) is 0 Å². The number of halogens is 1. The monoisotopic (exact) mass is 331 g/mol. The van der Waals surface area contributed by atoms with Gasteiger partial charge < -0.3 is 4.57 Å². The summed E-state index contributed by atoms with van der Waals surface area (Å²) >= 11 is 8.06. The lowest BCUT2D eigenvalue weighted by Crippen LogP contribution is -2.08. The Hall–Kier alpha value is -1.39. The van der Waals surface area contributed by atoms with Gasteiger partial charge in [-0.25, -0.2) is 9.97 Å². The third-order valence-electron chi connectivity index (χ3n) is 4.47. The minimum absolute atomic E-state index is 0.287. The molecule has 1 fully saturated rings. The number of rotatable bonds is 3. The van der Waals surface area contributed by atoms with E-state index < -0.39 is 0 Å². The molecule has 1 saturated carbocycles. The van der Waals surface area contributed by atoms with Crippen LogP contribution in [0.5, 0.6) is 0 Å². The maximum Gasteiger partial charge on any atom is 0.204 e. The number of benzene rings is 1. The summed E-state index contributed by atoms with van der Waals surface area (Å²) in [6.07, 6.45) is 3.89. The van der Waals surface area contributed by atoms with Gasteiger partial charge in [-0.05, 0) is 50.4 Å². The molecule has 0 saturated heterocycles. The smallest absolute Gasteiger partial charge is 0.204 e. The molecule has 2 aromatic heterocycles. The SMILES string of the molecule is CC(C)n1c(Cl)nc2c(-c3nc(C4CCC4)cs3)cccc21. The van der Waals surface area contributed by atoms with Crippen LogP contribution in [0.4, 0.5) is 0 Å². The fourth-order valence-electron chi connectivity index (χ4n) is 3.05. The molecule has 0 amide bonds. The van der Waals surface area contributed by atoms with E-state index in [0.29, 0.717) is 11.2 Å². The van der Waals surface area contributed by atoms with Crippen molar-refractivity contribution < 1.29 is 0 Å². The first-order valence-electron chi connectivity index (χ1n) is 7.77. The first kappa shape index (κ1) is 14.2. The molecule has 1 aliphatic carbocycles. The largest absolute Gasteiger partial charge is 0.312 e. The van der Waals surface area contributed by atoms with Crippen LogP contribution in [0, 0.1) is 0 Å². The number of para-hydroxylation sites is 1. The molecule has 0 N–H and O–H groups in total. The molecule has 4 rings (SSSR count). The minimum atomic E-state index is 0.287. The Morgan fingerprint density at radius 2 is 2.09 bits per heavy atom. The summed E-state index contributed by atoms with van der Waals surface area (Å²) in [5.74, 6) is 0.668. The molecule has 3 aromatic rings. The quantitative estimate of drug-likeness (QED) is 0.619. The van der Waals surface area contributed by atoms with Gasteiger partial charge in [0.15, 0.2) is 0 Å². The van der Waals surface area contributed by atoms with Crippen molar-refractivity contribution in [2.45, 2.75) is 45.1 Å². The van der Waals surface area contributed by atoms with Crippen LogP contribution < -0.4 is 0 Å². The molecule has 0 atom stereocenters. The van der Waals surface area contributed by atoms with Crippen molar-refractivity contribution in [3.8, 4) is 10.6 Å². The van der Waals surface area contributed by atoms with Crippen LogP contribution in [-0.2, 0) is 0 Å². The molecular formula is C17H18ClN3S. The Kier molecular flexibility index (Phi) is 3.46. The van der Waals surface area contributed by atoms with E-state index in [1.165, 1.54) is 25.0 Å². The van der Waals surface area contributed by atoms with E-state index in [-0.39, 0.29) is 6.04 Å². The summed E-state index contributed by atoms with van der Waals surface area (Å²) in [4.78, 5) is 9.46. The highest BCUT2D eigenvalue weighted by atomic mass is 35.5. The third-order valence-corrected chi connectivity index (χ3v) is 5.63. The van der Waals surface area contributed by atoms with E-state index in [0.717, 1.165) is 21.6 Å². The number of imidazole rings is 1. The van der Waals surface area contributed by atoms with E-state index >= 15 is 0 Å². The summed E-state index contributed by atoms with van der Waals surface area (Å²) in [7, 11) is 0. The lowest BCUT2D eigenvalue weighted by Gasteiger charge is -2.22. The Labute approximate surface area is 139 Å². The number of hydrogen-bond donors (Lipinski definition) is 0. The normalized spacial score (nSPS) is 15.6. The predicted molar refractivity (Wildman–Crippen MR) is 92.8 cm³/mol. The first-order valence-corrected chi connectivity index (χ1v) is 9.03. The van der Waals surface area contributed by atoms with Gasteiger partial charge in [-0.2, -0.15) is 0 Å². The molecule has 114 valence electrons. The number of aromatic nitrogens is 3. The summed E-state index contributed by atoms with van der Waals surface area (Å²) < 4.78 is 2.07. The van der Waals surface area contributed by atoms with Gasteiger partial charge in [0.05, 0.1) is 11.2 Å². The summed E-state index contributed by atoms with van der Waals surface area (Å²) in [6.45, 7) is 4.25. The van der Waals surface area contributed by atoms with Crippen molar-refractivity contribution in [2.75, 3.05) is 0 Å². The molecule has 0 bridgehead atoms. The van der Waals surface area contributed by atoms with Crippen molar-refractivity contribution >= 4 is 34.0 Å². The maximum absolute atomic E-state index is 6.34. The second-order valence-corrected chi connectivity index (χ2v) is 7.42. The maximum atomic E-state index is 6.34. The molecule has 0 radical (unpaired) electrons. The van der Waals surface area contributed by atoms with Crippen molar-refractivity contribution in [2.24, 2.45) is 0 Å². The van der Waals surface area contributed by atoms with Crippen LogP contribution in [0.15, 0.2) is 23.6 Å². The van der Waals surface area contributed by atoms with Gasteiger partial charge in [-0.15, -0.1) is 11.3 Å². The summed E-state index contributed by atoms with van der Waals surface area (Å²) in [5.41, 5.74) is 4.38. The van der Waals surface area contributed by atoms with Gasteiger partial charge in [0.25, 0.3) is 0 Å². The average molecular weight is 332 g/mol. The zero-order valence-electron chi connectivity index (χ0n) is 12.7. The second kappa shape index (κ2) is 5.36. The van der Waals surface area contributed by atoms with Crippen molar-refractivity contribution in [3.05, 3.63) is 34.6 Å². The van der Waals surface area contributed by atoms with Crippen LogP contribution in [0.2, 0.25) is 5.28 Å². The molecule has 2 heterocycles. The van der Waals surface area contributed by atoms with Crippen LogP contribution in [0.25, 0.3) is 21.6 Å². The summed E-state index contributed by atoms with van der Waals surface area (Å²) in [6, 6.07) is 6.53. The van der Waals surface area contributed by atoms with E-state index in [2.05, 4.69) is 47.0 Å². The standard InChI is InChI=1S/C17H18ClN3S/c1-10(2)21-14-8-4-7-12(15(14)20-17(21)18)16-19-13(9-22-16)11-5-3-6-11/h4,7-11H,3,5-6H2,1-2H3. The van der Waals surface area contributed by atoms with Crippen molar-refractivity contribution in [1.82, 2.24) is 14.5 Å². The molecule has 22 heavy (non-hydrogen) atoms. The van der Waals surface area contributed by atoms with Crippen molar-refractivity contribution in [3.63, 3.8) is 0 Å². The molecule has 0 unspecified atom stereocenters. The molecule has 3 nitrogen and oxygen atoms in total. The highest BCUT2D eigenvalue weighted by Gasteiger charge is 2.23. The molecule has 1 aromatic carbocycles. The number of fused-ring (bicyclic) bond motifs is 1. The lowest BCUT2D eigenvalue weighted by atomic mass is 9.83. The van der Waals surface area contributed by atoms with E-state index in [1.54, 1.807) is 11.3 Å². The average Bonchev–Trinajstić information content (AvgIpc) is 2.99. The van der Waals surface area contributed by atoms with Gasteiger partial charge in [0, 0.05) is 22.9 Å². The fourth-order valence-corrected chi connectivity index (χ4v) is 4.35. The highest BCUT2D eigenvalue weighted by molar-refractivity contribution is 7.13. The number of nitrogens with zero attached hydrogens (tertiary/aromatic N) is 3. The Bertz CT molecular complexity index is 830. The first-order chi connectivity index (χ1) is 10.6. The van der Waals surface area contributed by atoms with Crippen LogP contribution >= 0.6 is 22.9 Å². The third kappa shape index (κ3) is 2.17. The topological polar surface area (TPSA) is 30.7 Å². The van der Waals surface area contributed by atoms with Gasteiger partial charge in [0.2, 0.25) is 5.28 Å². The molecule has 0 spiro atoms. The van der Waals surface area contributed by atoms with E-state index in [1.807, 2.05) is 0 Å². The number of thiazole rings is 1. The predicted octanol–water partition coefficient (Wildman–Crippen LogP) is 5.66. The Balaban J connectivity index is 1.84. The molecule has 5 heteroatoms. The molecular weight excluding hydrogens is 314 g/mol. The number of hydrogen-bond acceptors (Lipinski definition) is 3. The lowest BCUT2D eigenvalue weighted by molar-refractivity contribution is 0.413. The summed E-state index contributed by atoms with van der Waals surface area (Å²) in [5, 5.41) is 3.81. The van der Waals surface area contributed by atoms with Crippen LogP contribution in [-0.4, -0.2) is 14.5 Å². The van der Waals surface area contributed by atoms with Gasteiger partial charge in [0.1, 0.15) is 10.5 Å². The van der Waals surface area contributed by atoms with Crippen LogP contribution in [0.1, 0.15) is 50.8 Å². The van der Waals surface area contributed by atoms with Crippen molar-refractivity contribution in [1.29, 1.82) is 0 Å². The fraction of sp³-hybridized carbons (Fsp3) is 0.412. The zero-order valence-corrected chi connectivity index (χ0v) is 14.3. The molecule has 0 aliphatic heterocycles.